The van der Waals surface area contributed by atoms with E-state index in [4.69, 9.17) is 18.6 Å². The van der Waals surface area contributed by atoms with E-state index in [0.717, 1.165) is 54.0 Å². The number of aryl methyl sites for hydroxylation is 2. The van der Waals surface area contributed by atoms with E-state index in [2.05, 4.69) is 4.98 Å². The summed E-state index contributed by atoms with van der Waals surface area (Å²) in [7, 11) is 1.64. The van der Waals surface area contributed by atoms with Crippen LogP contribution in [-0.4, -0.2) is 35.4 Å². The van der Waals surface area contributed by atoms with E-state index in [0.29, 0.717) is 23.6 Å². The molecule has 7 nitrogen and oxygen atoms in total. The Bertz CT molecular complexity index is 1120. The Kier molecular flexibility index (Phi) is 7.65. The van der Waals surface area contributed by atoms with Gasteiger partial charge in [-0.2, -0.15) is 0 Å². The number of nitrogens with zero attached hydrogens (tertiary/aromatic N) is 1. The number of carbonyl (C=O) groups is 1. The van der Waals surface area contributed by atoms with Crippen molar-refractivity contribution in [3.8, 4) is 17.2 Å². The van der Waals surface area contributed by atoms with Crippen LogP contribution in [0.3, 0.4) is 0 Å². The third kappa shape index (κ3) is 5.66. The molecule has 3 aromatic rings. The summed E-state index contributed by atoms with van der Waals surface area (Å²) in [6.45, 7) is 4.37. The van der Waals surface area contributed by atoms with E-state index >= 15 is 0 Å². The molecule has 1 aliphatic carbocycles. The summed E-state index contributed by atoms with van der Waals surface area (Å²) in [5.41, 5.74) is 3.47. The van der Waals surface area contributed by atoms with Gasteiger partial charge < -0.3 is 23.7 Å². The van der Waals surface area contributed by atoms with Gasteiger partial charge in [0.2, 0.25) is 5.89 Å². The van der Waals surface area contributed by atoms with Crippen LogP contribution in [0.1, 0.15) is 58.6 Å². The SMILES string of the molecule is COc1ccc(-c2nc(CO[C@@H]3CCC[C@H](OCc4cccc(C)c4C(=O)O)C3)c(C)o2)cc1. The van der Waals surface area contributed by atoms with Crippen LogP contribution in [0, 0.1) is 13.8 Å². The molecule has 0 aliphatic heterocycles. The molecule has 1 N–H and O–H groups in total. The molecule has 7 heteroatoms. The third-order valence-electron chi connectivity index (χ3n) is 6.31. The Labute approximate surface area is 199 Å². The molecule has 1 saturated carbocycles. The molecule has 34 heavy (non-hydrogen) atoms. The van der Waals surface area contributed by atoms with Crippen molar-refractivity contribution in [2.24, 2.45) is 0 Å². The van der Waals surface area contributed by atoms with Crippen LogP contribution in [0.2, 0.25) is 0 Å². The Morgan fingerprint density at radius 3 is 2.44 bits per heavy atom. The van der Waals surface area contributed by atoms with Crippen LogP contribution in [-0.2, 0) is 22.7 Å². The number of rotatable bonds is 9. The van der Waals surface area contributed by atoms with Gasteiger partial charge >= 0.3 is 5.97 Å². The van der Waals surface area contributed by atoms with Gasteiger partial charge in [-0.05, 0) is 74.9 Å². The zero-order chi connectivity index (χ0) is 24.1. The highest BCUT2D eigenvalue weighted by molar-refractivity contribution is 5.91. The van der Waals surface area contributed by atoms with E-state index in [-0.39, 0.29) is 18.8 Å². The monoisotopic (exact) mass is 465 g/mol. The van der Waals surface area contributed by atoms with Gasteiger partial charge in [-0.1, -0.05) is 18.2 Å². The lowest BCUT2D eigenvalue weighted by Crippen LogP contribution is -2.28. The summed E-state index contributed by atoms with van der Waals surface area (Å²) in [5.74, 6) is 1.18. The molecule has 0 unspecified atom stereocenters. The van der Waals surface area contributed by atoms with Crippen molar-refractivity contribution in [3.63, 3.8) is 0 Å². The van der Waals surface area contributed by atoms with Crippen LogP contribution < -0.4 is 4.74 Å². The second-order valence-electron chi connectivity index (χ2n) is 8.70. The van der Waals surface area contributed by atoms with E-state index < -0.39 is 5.97 Å². The Morgan fingerprint density at radius 1 is 1.06 bits per heavy atom. The summed E-state index contributed by atoms with van der Waals surface area (Å²) < 4.78 is 23.4. The maximum Gasteiger partial charge on any atom is 0.336 e. The molecule has 2 atom stereocenters. The lowest BCUT2D eigenvalue weighted by atomic mass is 9.94. The zero-order valence-corrected chi connectivity index (χ0v) is 19.9. The third-order valence-corrected chi connectivity index (χ3v) is 6.31. The van der Waals surface area contributed by atoms with Crippen molar-refractivity contribution >= 4 is 5.97 Å². The Hall–Kier alpha value is -3.16. The first kappa shape index (κ1) is 24.0. The standard InChI is InChI=1S/C27H31NO6/c1-17-6-4-7-20(25(17)27(29)30)15-32-22-8-5-9-23(14-22)33-16-24-18(2)34-26(28-24)19-10-12-21(31-3)13-11-19/h4,6-7,10-13,22-23H,5,8-9,14-16H2,1-3H3,(H,29,30)/t22-,23+/m0/s1. The molecule has 1 fully saturated rings. The first-order valence-corrected chi connectivity index (χ1v) is 11.6. The molecule has 1 aromatic heterocycles. The van der Waals surface area contributed by atoms with Gasteiger partial charge in [-0.15, -0.1) is 0 Å². The highest BCUT2D eigenvalue weighted by Gasteiger charge is 2.25. The smallest absolute Gasteiger partial charge is 0.336 e. The molecular weight excluding hydrogens is 434 g/mol. The fourth-order valence-electron chi connectivity index (χ4n) is 4.38. The van der Waals surface area contributed by atoms with Crippen LogP contribution in [0.15, 0.2) is 46.9 Å². The fourth-order valence-corrected chi connectivity index (χ4v) is 4.38. The molecule has 180 valence electrons. The fraction of sp³-hybridized carbons (Fsp3) is 0.407. The minimum absolute atomic E-state index is 0.0363. The van der Waals surface area contributed by atoms with Gasteiger partial charge in [0.25, 0.3) is 0 Å². The van der Waals surface area contributed by atoms with E-state index in [9.17, 15) is 9.90 Å². The van der Waals surface area contributed by atoms with Gasteiger partial charge in [0, 0.05) is 5.56 Å². The summed E-state index contributed by atoms with van der Waals surface area (Å²) in [5, 5.41) is 9.53. The van der Waals surface area contributed by atoms with Crippen molar-refractivity contribution in [1.29, 1.82) is 0 Å². The number of carboxylic acid groups (broad SMARTS) is 1. The second kappa shape index (κ2) is 10.8. The largest absolute Gasteiger partial charge is 0.497 e. The van der Waals surface area contributed by atoms with Gasteiger partial charge in [-0.3, -0.25) is 0 Å². The molecular formula is C27H31NO6. The van der Waals surface area contributed by atoms with E-state index in [1.807, 2.05) is 56.3 Å². The number of oxazole rings is 1. The molecule has 0 saturated heterocycles. The number of hydrogen-bond acceptors (Lipinski definition) is 6. The zero-order valence-electron chi connectivity index (χ0n) is 19.9. The van der Waals surface area contributed by atoms with Gasteiger partial charge in [0.05, 0.1) is 38.1 Å². The summed E-state index contributed by atoms with van der Waals surface area (Å²) >= 11 is 0. The van der Waals surface area contributed by atoms with Gasteiger partial charge in [0.15, 0.2) is 0 Å². The predicted octanol–water partition coefficient (Wildman–Crippen LogP) is 5.71. The molecule has 0 spiro atoms. The highest BCUT2D eigenvalue weighted by atomic mass is 16.5. The van der Waals surface area contributed by atoms with E-state index in [1.165, 1.54) is 0 Å². The quantitative estimate of drug-likeness (QED) is 0.433. The Morgan fingerprint density at radius 2 is 1.76 bits per heavy atom. The maximum absolute atomic E-state index is 11.6. The minimum Gasteiger partial charge on any atom is -0.497 e. The van der Waals surface area contributed by atoms with Gasteiger partial charge in [0.1, 0.15) is 17.2 Å². The number of aromatic carboxylic acids is 1. The van der Waals surface area contributed by atoms with Crippen molar-refractivity contribution in [3.05, 3.63) is 70.6 Å². The van der Waals surface area contributed by atoms with Crippen LogP contribution >= 0.6 is 0 Å². The highest BCUT2D eigenvalue weighted by Crippen LogP contribution is 2.28. The molecule has 0 bridgehead atoms. The van der Waals surface area contributed by atoms with Crippen LogP contribution in [0.25, 0.3) is 11.5 Å². The van der Waals surface area contributed by atoms with Crippen molar-refractivity contribution in [1.82, 2.24) is 4.98 Å². The van der Waals surface area contributed by atoms with Crippen molar-refractivity contribution < 1.29 is 28.5 Å². The second-order valence-corrected chi connectivity index (χ2v) is 8.70. The van der Waals surface area contributed by atoms with Crippen LogP contribution in [0.4, 0.5) is 0 Å². The number of aromatic nitrogens is 1. The average Bonchev–Trinajstić information content (AvgIpc) is 3.22. The summed E-state index contributed by atoms with van der Waals surface area (Å²) in [4.78, 5) is 16.2. The molecule has 2 aromatic carbocycles. The first-order chi connectivity index (χ1) is 16.4. The topological polar surface area (TPSA) is 91.0 Å². The molecule has 4 rings (SSSR count). The molecule has 1 aliphatic rings. The van der Waals surface area contributed by atoms with Crippen molar-refractivity contribution in [2.75, 3.05) is 7.11 Å². The Balaban J connectivity index is 1.32. The van der Waals surface area contributed by atoms with Crippen LogP contribution in [0.5, 0.6) is 5.75 Å². The van der Waals surface area contributed by atoms with E-state index in [1.54, 1.807) is 7.11 Å². The summed E-state index contributed by atoms with van der Waals surface area (Å²) in [6.07, 6.45) is 3.79. The molecule has 0 amide bonds. The minimum atomic E-state index is -0.918. The number of hydrogen-bond donors (Lipinski definition) is 1. The number of benzene rings is 2. The molecule has 1 heterocycles. The van der Waals surface area contributed by atoms with Crippen molar-refractivity contribution in [2.45, 2.75) is 65.0 Å². The normalized spacial score (nSPS) is 18.1. The average molecular weight is 466 g/mol. The maximum atomic E-state index is 11.6. The predicted molar refractivity (Wildman–Crippen MR) is 127 cm³/mol. The number of carboxylic acids is 1. The number of methoxy groups -OCH3 is 1. The van der Waals surface area contributed by atoms with Gasteiger partial charge in [-0.25, -0.2) is 9.78 Å². The molecule has 0 radical (unpaired) electrons. The summed E-state index contributed by atoms with van der Waals surface area (Å²) in [6, 6.07) is 13.1. The lowest BCUT2D eigenvalue weighted by molar-refractivity contribution is -0.0564. The number of ether oxygens (including phenoxy) is 3. The lowest BCUT2D eigenvalue weighted by Gasteiger charge is -2.29. The first-order valence-electron chi connectivity index (χ1n) is 11.6.